The standard InChI is InChI=1S/C15H18N4O3S2/c1-24(21,22)19-8-4-5-11(9-19)14(20)18-15-17-13(10-23-15)12-6-2-3-7-16-12/h2-3,6-7,10-11H,4-5,8-9H2,1H3,(H,17,18,20). The fourth-order valence-electron chi connectivity index (χ4n) is 2.63. The smallest absolute Gasteiger partial charge is 0.230 e. The Labute approximate surface area is 144 Å². The second-order valence-electron chi connectivity index (χ2n) is 5.70. The predicted octanol–water partition coefficient (Wildman–Crippen LogP) is 1.82. The molecule has 128 valence electrons. The van der Waals surface area contributed by atoms with Gasteiger partial charge in [0.15, 0.2) is 5.13 Å². The molecule has 1 aliphatic rings. The third-order valence-corrected chi connectivity index (χ3v) is 5.91. The minimum absolute atomic E-state index is 0.190. The molecule has 24 heavy (non-hydrogen) atoms. The van der Waals surface area contributed by atoms with E-state index in [1.807, 2.05) is 23.6 Å². The summed E-state index contributed by atoms with van der Waals surface area (Å²) in [6.45, 7) is 0.701. The van der Waals surface area contributed by atoms with E-state index >= 15 is 0 Å². The van der Waals surface area contributed by atoms with Crippen molar-refractivity contribution < 1.29 is 13.2 Å². The van der Waals surface area contributed by atoms with Crippen molar-refractivity contribution in [1.82, 2.24) is 14.3 Å². The number of carbonyl (C=O) groups is 1. The SMILES string of the molecule is CS(=O)(=O)N1CCCC(C(=O)Nc2nc(-c3ccccn3)cs2)C1. The van der Waals surface area contributed by atoms with Crippen molar-refractivity contribution in [2.75, 3.05) is 24.7 Å². The fraction of sp³-hybridized carbons (Fsp3) is 0.400. The molecule has 1 unspecified atom stereocenters. The third kappa shape index (κ3) is 3.97. The molecule has 0 aromatic carbocycles. The molecule has 1 N–H and O–H groups in total. The number of anilines is 1. The maximum atomic E-state index is 12.4. The largest absolute Gasteiger partial charge is 0.302 e. The Kier molecular flexibility index (Phi) is 4.93. The average Bonchev–Trinajstić information content (AvgIpc) is 3.03. The van der Waals surface area contributed by atoms with Crippen LogP contribution in [0.2, 0.25) is 0 Å². The number of piperidine rings is 1. The monoisotopic (exact) mass is 366 g/mol. The highest BCUT2D eigenvalue weighted by Gasteiger charge is 2.30. The summed E-state index contributed by atoms with van der Waals surface area (Å²) in [5.74, 6) is -0.541. The van der Waals surface area contributed by atoms with E-state index in [1.165, 1.54) is 21.9 Å². The van der Waals surface area contributed by atoms with Crippen LogP contribution in [0.25, 0.3) is 11.4 Å². The zero-order chi connectivity index (χ0) is 17.2. The number of rotatable bonds is 4. The van der Waals surface area contributed by atoms with Crippen molar-refractivity contribution in [3.05, 3.63) is 29.8 Å². The molecule has 0 aliphatic carbocycles. The van der Waals surface area contributed by atoms with Gasteiger partial charge in [0.1, 0.15) is 5.69 Å². The van der Waals surface area contributed by atoms with Crippen LogP contribution < -0.4 is 5.32 Å². The van der Waals surface area contributed by atoms with E-state index in [1.54, 1.807) is 6.20 Å². The molecule has 1 aliphatic heterocycles. The molecular weight excluding hydrogens is 348 g/mol. The Bertz CT molecular complexity index is 820. The molecule has 9 heteroatoms. The molecule has 3 rings (SSSR count). The lowest BCUT2D eigenvalue weighted by atomic mass is 9.99. The molecule has 0 radical (unpaired) electrons. The molecule has 0 bridgehead atoms. The van der Waals surface area contributed by atoms with E-state index in [4.69, 9.17) is 0 Å². The second-order valence-corrected chi connectivity index (χ2v) is 8.54. The van der Waals surface area contributed by atoms with Gasteiger partial charge in [0.05, 0.1) is 17.9 Å². The summed E-state index contributed by atoms with van der Waals surface area (Å²) in [6, 6.07) is 5.56. The van der Waals surface area contributed by atoms with Gasteiger partial charge >= 0.3 is 0 Å². The minimum atomic E-state index is -3.27. The molecule has 2 aromatic rings. The summed E-state index contributed by atoms with van der Waals surface area (Å²) in [6.07, 6.45) is 4.22. The van der Waals surface area contributed by atoms with E-state index in [0.717, 1.165) is 5.69 Å². The molecule has 2 aromatic heterocycles. The number of hydrogen-bond acceptors (Lipinski definition) is 6. The van der Waals surface area contributed by atoms with Gasteiger partial charge in [-0.3, -0.25) is 9.78 Å². The average molecular weight is 366 g/mol. The Balaban J connectivity index is 1.66. The first-order chi connectivity index (χ1) is 11.4. The lowest BCUT2D eigenvalue weighted by molar-refractivity contribution is -0.120. The fourth-order valence-corrected chi connectivity index (χ4v) is 4.25. The number of thiazole rings is 1. The highest BCUT2D eigenvalue weighted by molar-refractivity contribution is 7.88. The first kappa shape index (κ1) is 17.0. The molecule has 7 nitrogen and oxygen atoms in total. The van der Waals surface area contributed by atoms with Crippen molar-refractivity contribution in [3.63, 3.8) is 0 Å². The second kappa shape index (κ2) is 6.96. The quantitative estimate of drug-likeness (QED) is 0.891. The van der Waals surface area contributed by atoms with Gasteiger partial charge in [-0.1, -0.05) is 6.07 Å². The van der Waals surface area contributed by atoms with Crippen molar-refractivity contribution in [2.45, 2.75) is 12.8 Å². The molecule has 0 saturated carbocycles. The van der Waals surface area contributed by atoms with E-state index in [2.05, 4.69) is 15.3 Å². The van der Waals surface area contributed by atoms with Crippen molar-refractivity contribution in [3.8, 4) is 11.4 Å². The van der Waals surface area contributed by atoms with Gasteiger partial charge in [0.25, 0.3) is 0 Å². The topological polar surface area (TPSA) is 92.3 Å². The Hall–Kier alpha value is -1.84. The van der Waals surface area contributed by atoms with Crippen LogP contribution in [0.5, 0.6) is 0 Å². The third-order valence-electron chi connectivity index (χ3n) is 3.89. The van der Waals surface area contributed by atoms with Crippen molar-refractivity contribution in [2.24, 2.45) is 5.92 Å². The number of pyridine rings is 1. The maximum Gasteiger partial charge on any atom is 0.230 e. The number of sulfonamides is 1. The van der Waals surface area contributed by atoms with E-state index in [9.17, 15) is 13.2 Å². The highest BCUT2D eigenvalue weighted by atomic mass is 32.2. The van der Waals surface area contributed by atoms with Crippen LogP contribution in [-0.2, 0) is 14.8 Å². The number of hydrogen-bond donors (Lipinski definition) is 1. The van der Waals surface area contributed by atoms with Crippen LogP contribution in [0.1, 0.15) is 12.8 Å². The molecule has 1 amide bonds. The van der Waals surface area contributed by atoms with Crippen molar-refractivity contribution >= 4 is 32.4 Å². The number of aromatic nitrogens is 2. The zero-order valence-electron chi connectivity index (χ0n) is 13.2. The van der Waals surface area contributed by atoms with Crippen LogP contribution >= 0.6 is 11.3 Å². The lowest BCUT2D eigenvalue weighted by Crippen LogP contribution is -2.43. The summed E-state index contributed by atoms with van der Waals surface area (Å²) in [5, 5.41) is 5.13. The van der Waals surface area contributed by atoms with E-state index in [-0.39, 0.29) is 18.4 Å². The molecule has 1 fully saturated rings. The Morgan fingerprint density at radius 2 is 2.21 bits per heavy atom. The maximum absolute atomic E-state index is 12.4. The van der Waals surface area contributed by atoms with E-state index < -0.39 is 10.0 Å². The summed E-state index contributed by atoms with van der Waals surface area (Å²) in [7, 11) is -3.27. The van der Waals surface area contributed by atoms with Gasteiger partial charge in [0.2, 0.25) is 15.9 Å². The van der Waals surface area contributed by atoms with E-state index in [0.29, 0.717) is 30.2 Å². The Morgan fingerprint density at radius 3 is 2.92 bits per heavy atom. The lowest BCUT2D eigenvalue weighted by Gasteiger charge is -2.29. The van der Waals surface area contributed by atoms with Gasteiger partial charge in [-0.05, 0) is 25.0 Å². The van der Waals surface area contributed by atoms with Crippen LogP contribution in [-0.4, -0.2) is 47.9 Å². The molecule has 3 heterocycles. The first-order valence-electron chi connectivity index (χ1n) is 7.56. The number of nitrogens with one attached hydrogen (secondary N) is 1. The number of nitrogens with zero attached hydrogens (tertiary/aromatic N) is 3. The molecule has 1 saturated heterocycles. The van der Waals surface area contributed by atoms with Crippen LogP contribution in [0, 0.1) is 5.92 Å². The summed E-state index contributed by atoms with van der Waals surface area (Å²) >= 11 is 1.33. The van der Waals surface area contributed by atoms with Gasteiger partial charge in [-0.2, -0.15) is 0 Å². The first-order valence-corrected chi connectivity index (χ1v) is 10.3. The van der Waals surface area contributed by atoms with Crippen LogP contribution in [0.3, 0.4) is 0 Å². The summed E-state index contributed by atoms with van der Waals surface area (Å²) < 4.78 is 24.7. The Morgan fingerprint density at radius 1 is 1.38 bits per heavy atom. The van der Waals surface area contributed by atoms with Gasteiger partial charge in [-0.25, -0.2) is 17.7 Å². The molecule has 0 spiro atoms. The summed E-state index contributed by atoms with van der Waals surface area (Å²) in [5.41, 5.74) is 1.45. The zero-order valence-corrected chi connectivity index (χ0v) is 14.8. The minimum Gasteiger partial charge on any atom is -0.302 e. The van der Waals surface area contributed by atoms with Gasteiger partial charge in [-0.15, -0.1) is 11.3 Å². The number of carbonyl (C=O) groups excluding carboxylic acids is 1. The predicted molar refractivity (Wildman–Crippen MR) is 93.1 cm³/mol. The van der Waals surface area contributed by atoms with Crippen molar-refractivity contribution in [1.29, 1.82) is 0 Å². The normalized spacial score (nSPS) is 19.1. The summed E-state index contributed by atoms with van der Waals surface area (Å²) in [4.78, 5) is 21.0. The molecular formula is C15H18N4O3S2. The molecule has 1 atom stereocenters. The number of amides is 1. The highest BCUT2D eigenvalue weighted by Crippen LogP contribution is 2.25. The van der Waals surface area contributed by atoms with Gasteiger partial charge < -0.3 is 5.32 Å². The van der Waals surface area contributed by atoms with Crippen LogP contribution in [0.15, 0.2) is 29.8 Å². The van der Waals surface area contributed by atoms with Gasteiger partial charge in [0, 0.05) is 24.7 Å². The van der Waals surface area contributed by atoms with Crippen LogP contribution in [0.4, 0.5) is 5.13 Å².